The summed E-state index contributed by atoms with van der Waals surface area (Å²) in [5.74, 6) is -3.66. The second-order valence-corrected chi connectivity index (χ2v) is 10.8. The van der Waals surface area contributed by atoms with Gasteiger partial charge in [-0.25, -0.2) is 13.9 Å². The van der Waals surface area contributed by atoms with Crippen LogP contribution in [-0.2, 0) is 19.2 Å². The van der Waals surface area contributed by atoms with Crippen LogP contribution in [0.2, 0.25) is 0 Å². The Balaban J connectivity index is 1.46. The van der Waals surface area contributed by atoms with Crippen molar-refractivity contribution in [1.29, 1.82) is 0 Å². The summed E-state index contributed by atoms with van der Waals surface area (Å²) in [6.07, 6.45) is -1.31. The van der Waals surface area contributed by atoms with E-state index in [1.165, 1.54) is 20.5 Å². The number of carboxylic acid groups (broad SMARTS) is 2. The predicted octanol–water partition coefficient (Wildman–Crippen LogP) is -0.0293. The molecule has 1 aromatic carbocycles. The Morgan fingerprint density at radius 1 is 0.978 bits per heavy atom. The molecule has 46 heavy (non-hydrogen) atoms. The molecule has 2 aliphatic heterocycles. The molecular formula is C29H36FN7O9. The summed E-state index contributed by atoms with van der Waals surface area (Å²) in [4.78, 5) is 78.3. The number of halogens is 1. The van der Waals surface area contributed by atoms with Gasteiger partial charge in [0.25, 0.3) is 11.8 Å². The summed E-state index contributed by atoms with van der Waals surface area (Å²) in [5.41, 5.74) is 0.338. The molecule has 4 rings (SSSR count). The normalized spacial score (nSPS) is 16.9. The zero-order chi connectivity index (χ0) is 33.2. The van der Waals surface area contributed by atoms with Crippen LogP contribution in [0.4, 0.5) is 9.18 Å². The minimum atomic E-state index is -1.22. The molecule has 0 aliphatic carbocycles. The molecule has 2 aliphatic rings. The van der Waals surface area contributed by atoms with Crippen molar-refractivity contribution in [2.75, 3.05) is 59.1 Å². The van der Waals surface area contributed by atoms with Gasteiger partial charge in [-0.2, -0.15) is 5.10 Å². The van der Waals surface area contributed by atoms with Gasteiger partial charge in [0.05, 0.1) is 11.6 Å². The van der Waals surface area contributed by atoms with Crippen LogP contribution in [0, 0.1) is 5.92 Å². The van der Waals surface area contributed by atoms with Crippen molar-refractivity contribution >= 4 is 35.7 Å². The Kier molecular flexibility index (Phi) is 11.5. The molecule has 2 atom stereocenters. The molecule has 17 heteroatoms. The van der Waals surface area contributed by atoms with Gasteiger partial charge in [0.1, 0.15) is 12.7 Å². The van der Waals surface area contributed by atoms with E-state index >= 15 is 0 Å². The van der Waals surface area contributed by atoms with Gasteiger partial charge in [-0.1, -0.05) is 18.2 Å². The highest BCUT2D eigenvalue weighted by Crippen LogP contribution is 2.22. The summed E-state index contributed by atoms with van der Waals surface area (Å²) in [6.45, 7) is -0.419. The first-order chi connectivity index (χ1) is 22.1. The van der Waals surface area contributed by atoms with Crippen LogP contribution >= 0.6 is 0 Å². The zero-order valence-corrected chi connectivity index (χ0v) is 25.0. The van der Waals surface area contributed by atoms with E-state index in [4.69, 9.17) is 4.74 Å². The number of carboxylic acids is 1. The zero-order valence-electron chi connectivity index (χ0n) is 25.0. The smallest absolute Gasteiger partial charge is 0.407 e. The van der Waals surface area contributed by atoms with Crippen LogP contribution in [0.1, 0.15) is 29.8 Å². The monoisotopic (exact) mass is 645 g/mol. The van der Waals surface area contributed by atoms with Crippen molar-refractivity contribution in [2.24, 2.45) is 5.92 Å². The molecule has 5 amide bonds. The van der Waals surface area contributed by atoms with Crippen molar-refractivity contribution in [3.63, 3.8) is 0 Å². The summed E-state index contributed by atoms with van der Waals surface area (Å²) in [6, 6.07) is 8.69. The molecule has 2 fully saturated rings. The first kappa shape index (κ1) is 33.7. The minimum absolute atomic E-state index is 0.0411. The SMILES string of the molecule is O=C(O)CC[C@H](NC(=O)c1cc(OCC(=O)N2CCC(C(=O)NCCF)C2)n(-c2ccccc2)n1)C(=O)N1CCN(C(=O)O)CC1. The molecule has 3 heterocycles. The average molecular weight is 646 g/mol. The lowest BCUT2D eigenvalue weighted by Crippen LogP contribution is -2.55. The molecule has 0 saturated carbocycles. The predicted molar refractivity (Wildman–Crippen MR) is 157 cm³/mol. The maximum Gasteiger partial charge on any atom is 0.407 e. The Hall–Kier alpha value is -5.22. The van der Waals surface area contributed by atoms with Crippen LogP contribution in [0.3, 0.4) is 0 Å². The van der Waals surface area contributed by atoms with Crippen molar-refractivity contribution in [3.05, 3.63) is 42.1 Å². The van der Waals surface area contributed by atoms with E-state index in [0.29, 0.717) is 18.7 Å². The van der Waals surface area contributed by atoms with Gasteiger partial charge in [0.15, 0.2) is 12.3 Å². The number of alkyl halides is 1. The van der Waals surface area contributed by atoms with Crippen LogP contribution in [0.15, 0.2) is 36.4 Å². The summed E-state index contributed by atoms with van der Waals surface area (Å²) in [7, 11) is 0. The maximum absolute atomic E-state index is 13.4. The van der Waals surface area contributed by atoms with Gasteiger partial charge < -0.3 is 40.3 Å². The number of nitrogens with one attached hydrogen (secondary N) is 2. The first-order valence-electron chi connectivity index (χ1n) is 14.8. The number of nitrogens with zero attached hydrogens (tertiary/aromatic N) is 5. The van der Waals surface area contributed by atoms with Crippen LogP contribution < -0.4 is 15.4 Å². The fourth-order valence-electron chi connectivity index (χ4n) is 5.17. The number of hydrogen-bond acceptors (Lipinski definition) is 8. The molecule has 1 unspecified atom stereocenters. The molecular weight excluding hydrogens is 609 g/mol. The lowest BCUT2D eigenvalue weighted by atomic mass is 10.1. The first-order valence-corrected chi connectivity index (χ1v) is 14.8. The number of ether oxygens (including phenoxy) is 1. The van der Waals surface area contributed by atoms with E-state index in [1.54, 1.807) is 30.3 Å². The molecule has 0 spiro atoms. The Labute approximate surface area is 263 Å². The Morgan fingerprint density at radius 3 is 2.33 bits per heavy atom. The van der Waals surface area contributed by atoms with E-state index in [0.717, 1.165) is 4.90 Å². The number of benzene rings is 1. The number of aliphatic carboxylic acids is 1. The van der Waals surface area contributed by atoms with E-state index in [1.807, 2.05) is 0 Å². The fraction of sp³-hybridized carbons (Fsp3) is 0.483. The Bertz CT molecular complexity index is 1430. The number of hydrogen-bond donors (Lipinski definition) is 4. The van der Waals surface area contributed by atoms with Crippen molar-refractivity contribution in [2.45, 2.75) is 25.3 Å². The van der Waals surface area contributed by atoms with Crippen molar-refractivity contribution in [3.8, 4) is 11.6 Å². The third-order valence-electron chi connectivity index (χ3n) is 7.67. The minimum Gasteiger partial charge on any atom is -0.481 e. The van der Waals surface area contributed by atoms with Crippen LogP contribution in [0.25, 0.3) is 5.69 Å². The van der Waals surface area contributed by atoms with E-state index in [2.05, 4.69) is 15.7 Å². The van der Waals surface area contributed by atoms with Crippen molar-refractivity contribution < 1.29 is 48.1 Å². The van der Waals surface area contributed by atoms with Crippen LogP contribution in [0.5, 0.6) is 5.88 Å². The largest absolute Gasteiger partial charge is 0.481 e. The number of carbonyl (C=O) groups is 6. The molecule has 248 valence electrons. The molecule has 1 aromatic heterocycles. The highest BCUT2D eigenvalue weighted by atomic mass is 19.1. The van der Waals surface area contributed by atoms with E-state index in [9.17, 15) is 43.4 Å². The maximum atomic E-state index is 13.4. The molecule has 0 bridgehead atoms. The standard InChI is InChI=1S/C29H36FN7O9/c30-9-10-31-26(41)19-8-11-36(17-19)23(38)18-46-24-16-22(33-37(24)20-4-2-1-3-5-20)27(42)32-21(6-7-25(39)40)28(43)34-12-14-35(15-13-34)29(44)45/h1-5,16,19,21H,6-15,17-18H2,(H,31,41)(H,32,42)(H,39,40)(H,44,45)/t19?,21-/m0/s1. The molecule has 0 radical (unpaired) electrons. The summed E-state index contributed by atoms with van der Waals surface area (Å²) >= 11 is 0. The Morgan fingerprint density at radius 2 is 1.67 bits per heavy atom. The topological polar surface area (TPSA) is 204 Å². The van der Waals surface area contributed by atoms with Gasteiger partial charge in [-0.3, -0.25) is 24.0 Å². The second kappa shape index (κ2) is 15.7. The number of para-hydroxylation sites is 1. The van der Waals surface area contributed by atoms with E-state index < -0.39 is 61.4 Å². The molecule has 16 nitrogen and oxygen atoms in total. The van der Waals surface area contributed by atoms with Crippen LogP contribution in [-0.4, -0.2) is 136 Å². The van der Waals surface area contributed by atoms with Gasteiger partial charge in [-0.15, -0.1) is 0 Å². The highest BCUT2D eigenvalue weighted by molar-refractivity contribution is 5.96. The molecule has 2 saturated heterocycles. The molecule has 4 N–H and O–H groups in total. The van der Waals surface area contributed by atoms with Gasteiger partial charge in [0.2, 0.25) is 17.7 Å². The number of amides is 5. The summed E-state index contributed by atoms with van der Waals surface area (Å²) < 4.78 is 19.5. The third-order valence-corrected chi connectivity index (χ3v) is 7.67. The highest BCUT2D eigenvalue weighted by Gasteiger charge is 2.33. The van der Waals surface area contributed by atoms with E-state index in [-0.39, 0.29) is 63.2 Å². The lowest BCUT2D eigenvalue weighted by molar-refractivity contribution is -0.138. The quantitative estimate of drug-likeness (QED) is 0.229. The summed E-state index contributed by atoms with van der Waals surface area (Å²) in [5, 5.41) is 27.8. The lowest BCUT2D eigenvalue weighted by Gasteiger charge is -2.35. The molecule has 2 aromatic rings. The van der Waals surface area contributed by atoms with Gasteiger partial charge in [0, 0.05) is 58.3 Å². The average Bonchev–Trinajstić information content (AvgIpc) is 3.73. The second-order valence-electron chi connectivity index (χ2n) is 10.8. The third kappa shape index (κ3) is 8.70. The number of rotatable bonds is 13. The number of carbonyl (C=O) groups excluding carboxylic acids is 4. The van der Waals surface area contributed by atoms with Crippen molar-refractivity contribution in [1.82, 2.24) is 35.1 Å². The number of piperazine rings is 1. The van der Waals surface area contributed by atoms with Gasteiger partial charge in [-0.05, 0) is 25.0 Å². The fourth-order valence-corrected chi connectivity index (χ4v) is 5.17. The number of likely N-dealkylation sites (tertiary alicyclic amines) is 1. The number of aromatic nitrogens is 2. The van der Waals surface area contributed by atoms with Gasteiger partial charge >= 0.3 is 12.1 Å².